The molecule has 4 rings (SSSR count). The Morgan fingerprint density at radius 2 is 1.83 bits per heavy atom. The normalized spacial score (nSPS) is 15.9. The summed E-state index contributed by atoms with van der Waals surface area (Å²) >= 11 is 0. The van der Waals surface area contributed by atoms with Crippen molar-refractivity contribution in [3.63, 3.8) is 0 Å². The van der Waals surface area contributed by atoms with Gasteiger partial charge in [0.1, 0.15) is 11.4 Å². The van der Waals surface area contributed by atoms with Gasteiger partial charge in [-0.15, -0.1) is 0 Å². The molecule has 3 aromatic rings. The number of rotatable bonds is 4. The molecular weight excluding hydrogens is 302 g/mol. The number of hydrogen-bond acceptors (Lipinski definition) is 3. The van der Waals surface area contributed by atoms with Crippen molar-refractivity contribution in [1.82, 2.24) is 15.5 Å². The first-order valence-electron chi connectivity index (χ1n) is 7.95. The highest BCUT2D eigenvalue weighted by Gasteiger charge is 2.35. The summed E-state index contributed by atoms with van der Waals surface area (Å²) in [5.41, 5.74) is 4.22. The molecule has 0 saturated heterocycles. The number of carbonyl (C=O) groups excluding carboxylic acids is 1. The van der Waals surface area contributed by atoms with Gasteiger partial charge in [-0.25, -0.2) is 0 Å². The molecule has 5 nitrogen and oxygen atoms in total. The molecule has 0 radical (unpaired) electrons. The van der Waals surface area contributed by atoms with Gasteiger partial charge in [0.25, 0.3) is 5.91 Å². The van der Waals surface area contributed by atoms with E-state index in [1.165, 1.54) is 0 Å². The number of amides is 1. The molecule has 1 atom stereocenters. The summed E-state index contributed by atoms with van der Waals surface area (Å²) in [5, 5.41) is 10.3. The second kappa shape index (κ2) is 5.85. The Kier molecular flexibility index (Phi) is 3.54. The second-order valence-corrected chi connectivity index (χ2v) is 5.64. The highest BCUT2D eigenvalue weighted by atomic mass is 16.5. The van der Waals surface area contributed by atoms with Crippen molar-refractivity contribution in [2.75, 3.05) is 6.61 Å². The van der Waals surface area contributed by atoms with E-state index in [1.54, 1.807) is 0 Å². The Bertz CT molecular complexity index is 869. The fraction of sp³-hybridized carbons (Fsp3) is 0.158. The Morgan fingerprint density at radius 3 is 2.54 bits per heavy atom. The van der Waals surface area contributed by atoms with E-state index in [4.69, 9.17) is 4.74 Å². The van der Waals surface area contributed by atoms with Crippen LogP contribution in [0.3, 0.4) is 0 Å². The van der Waals surface area contributed by atoms with Crippen molar-refractivity contribution in [3.8, 4) is 17.0 Å². The smallest absolute Gasteiger partial charge is 0.270 e. The second-order valence-electron chi connectivity index (χ2n) is 5.64. The van der Waals surface area contributed by atoms with Crippen molar-refractivity contribution >= 4 is 5.91 Å². The van der Waals surface area contributed by atoms with Crippen LogP contribution in [-0.2, 0) is 0 Å². The van der Waals surface area contributed by atoms with Crippen LogP contribution in [0.2, 0.25) is 0 Å². The van der Waals surface area contributed by atoms with Gasteiger partial charge in [0, 0.05) is 11.1 Å². The molecule has 5 heteroatoms. The molecule has 0 aliphatic carbocycles. The summed E-state index contributed by atoms with van der Waals surface area (Å²) in [6.45, 7) is 2.59. The van der Waals surface area contributed by atoms with E-state index in [2.05, 4.69) is 15.5 Å². The zero-order chi connectivity index (χ0) is 16.5. The number of hydrogen-bond donors (Lipinski definition) is 2. The molecular formula is C19H17N3O2. The van der Waals surface area contributed by atoms with E-state index in [0.29, 0.717) is 12.3 Å². The van der Waals surface area contributed by atoms with Gasteiger partial charge in [-0.1, -0.05) is 30.3 Å². The van der Waals surface area contributed by atoms with E-state index in [-0.39, 0.29) is 11.9 Å². The lowest BCUT2D eigenvalue weighted by Gasteiger charge is -2.13. The molecule has 0 bridgehead atoms. The minimum absolute atomic E-state index is 0.122. The van der Waals surface area contributed by atoms with Gasteiger partial charge in [0.2, 0.25) is 0 Å². The summed E-state index contributed by atoms with van der Waals surface area (Å²) in [4.78, 5) is 12.2. The van der Waals surface area contributed by atoms with E-state index < -0.39 is 0 Å². The van der Waals surface area contributed by atoms with Gasteiger partial charge in [-0.05, 0) is 36.8 Å². The third-order valence-corrected chi connectivity index (χ3v) is 4.17. The SMILES string of the molecule is CCOc1ccc(-c2n[nH]c3c2[C@@H](c2ccccc2)NC3=O)cc1. The lowest BCUT2D eigenvalue weighted by molar-refractivity contribution is 0.0955. The standard InChI is InChI=1S/C19H17N3O2/c1-2-24-14-10-8-13(9-11-14)17-15-16(12-6-4-3-5-7-12)20-19(23)18(15)22-21-17/h3-11,16H,2H2,1H3,(H,20,23)(H,21,22)/t16-/m1/s1. The van der Waals surface area contributed by atoms with Gasteiger partial charge < -0.3 is 10.1 Å². The molecule has 24 heavy (non-hydrogen) atoms. The molecule has 0 saturated carbocycles. The van der Waals surface area contributed by atoms with Crippen LogP contribution < -0.4 is 10.1 Å². The zero-order valence-electron chi connectivity index (χ0n) is 13.2. The Hall–Kier alpha value is -3.08. The molecule has 0 spiro atoms. The number of nitrogens with zero attached hydrogens (tertiary/aromatic N) is 1. The maximum Gasteiger partial charge on any atom is 0.270 e. The first-order chi connectivity index (χ1) is 11.8. The predicted octanol–water partition coefficient (Wildman–Crippen LogP) is 3.31. The Balaban J connectivity index is 1.77. The molecule has 1 aliphatic heterocycles. The molecule has 2 aromatic carbocycles. The molecule has 2 heterocycles. The van der Waals surface area contributed by atoms with Crippen LogP contribution in [0.25, 0.3) is 11.3 Å². The van der Waals surface area contributed by atoms with Gasteiger partial charge in [0.15, 0.2) is 0 Å². The molecule has 0 unspecified atom stereocenters. The molecule has 0 fully saturated rings. The number of H-pyrrole nitrogens is 1. The highest BCUT2D eigenvalue weighted by molar-refractivity contribution is 6.00. The molecule has 120 valence electrons. The maximum atomic E-state index is 12.2. The van der Waals surface area contributed by atoms with Crippen LogP contribution in [-0.4, -0.2) is 22.7 Å². The largest absolute Gasteiger partial charge is 0.494 e. The third kappa shape index (κ3) is 2.34. The zero-order valence-corrected chi connectivity index (χ0v) is 13.2. The molecule has 1 aromatic heterocycles. The first kappa shape index (κ1) is 14.5. The number of aromatic amines is 1. The summed E-state index contributed by atoms with van der Waals surface area (Å²) in [5.74, 6) is 0.700. The van der Waals surface area contributed by atoms with Crippen LogP contribution in [0.15, 0.2) is 54.6 Å². The fourth-order valence-electron chi connectivity index (χ4n) is 3.07. The number of aromatic nitrogens is 2. The minimum atomic E-state index is -0.186. The monoisotopic (exact) mass is 319 g/mol. The van der Waals surface area contributed by atoms with Crippen molar-refractivity contribution in [3.05, 3.63) is 71.4 Å². The minimum Gasteiger partial charge on any atom is -0.494 e. The molecule has 1 aliphatic rings. The molecule has 1 amide bonds. The Morgan fingerprint density at radius 1 is 1.08 bits per heavy atom. The van der Waals surface area contributed by atoms with Crippen LogP contribution in [0.4, 0.5) is 0 Å². The topological polar surface area (TPSA) is 67.0 Å². The van der Waals surface area contributed by atoms with Gasteiger partial charge in [-0.2, -0.15) is 5.10 Å². The van der Waals surface area contributed by atoms with Crippen molar-refractivity contribution in [2.24, 2.45) is 0 Å². The number of fused-ring (bicyclic) bond motifs is 1. The van der Waals surface area contributed by atoms with Crippen molar-refractivity contribution < 1.29 is 9.53 Å². The lowest BCUT2D eigenvalue weighted by Crippen LogP contribution is -2.21. The van der Waals surface area contributed by atoms with Gasteiger partial charge >= 0.3 is 0 Å². The summed E-state index contributed by atoms with van der Waals surface area (Å²) < 4.78 is 5.48. The summed E-state index contributed by atoms with van der Waals surface area (Å²) in [7, 11) is 0. The van der Waals surface area contributed by atoms with E-state index in [0.717, 1.165) is 28.1 Å². The van der Waals surface area contributed by atoms with Crippen LogP contribution >= 0.6 is 0 Å². The summed E-state index contributed by atoms with van der Waals surface area (Å²) in [6.07, 6.45) is 0. The van der Waals surface area contributed by atoms with Crippen molar-refractivity contribution in [1.29, 1.82) is 0 Å². The van der Waals surface area contributed by atoms with E-state index in [1.807, 2.05) is 61.5 Å². The number of ether oxygens (including phenoxy) is 1. The van der Waals surface area contributed by atoms with Crippen molar-refractivity contribution in [2.45, 2.75) is 13.0 Å². The van der Waals surface area contributed by atoms with Crippen LogP contribution in [0.1, 0.15) is 34.6 Å². The average molecular weight is 319 g/mol. The van der Waals surface area contributed by atoms with E-state index >= 15 is 0 Å². The summed E-state index contributed by atoms with van der Waals surface area (Å²) in [6, 6.07) is 17.5. The first-order valence-corrected chi connectivity index (χ1v) is 7.95. The lowest BCUT2D eigenvalue weighted by atomic mass is 9.97. The van der Waals surface area contributed by atoms with Gasteiger partial charge in [-0.3, -0.25) is 9.89 Å². The third-order valence-electron chi connectivity index (χ3n) is 4.17. The van der Waals surface area contributed by atoms with Crippen LogP contribution in [0, 0.1) is 0 Å². The maximum absolute atomic E-state index is 12.2. The quantitative estimate of drug-likeness (QED) is 0.775. The molecule has 2 N–H and O–H groups in total. The predicted molar refractivity (Wildman–Crippen MR) is 90.9 cm³/mol. The fourth-order valence-corrected chi connectivity index (χ4v) is 3.07. The number of benzene rings is 2. The highest BCUT2D eigenvalue weighted by Crippen LogP contribution is 2.37. The van der Waals surface area contributed by atoms with Gasteiger partial charge in [0.05, 0.1) is 18.3 Å². The number of nitrogens with one attached hydrogen (secondary N) is 2. The Labute approximate surface area is 139 Å². The average Bonchev–Trinajstić information content (AvgIpc) is 3.18. The van der Waals surface area contributed by atoms with E-state index in [9.17, 15) is 4.79 Å². The number of carbonyl (C=O) groups is 1. The van der Waals surface area contributed by atoms with Crippen LogP contribution in [0.5, 0.6) is 5.75 Å².